The van der Waals surface area contributed by atoms with Crippen LogP contribution in [0.1, 0.15) is 12.8 Å². The summed E-state index contributed by atoms with van der Waals surface area (Å²) in [6.07, 6.45) is 1.68. The summed E-state index contributed by atoms with van der Waals surface area (Å²) >= 11 is 0. The number of unbranched alkanes of at least 4 members (excludes halogenated alkanes) is 1. The Hall–Kier alpha value is 0.583. The average Bonchev–Trinajstić information content (AvgIpc) is 1.41. The SMILES string of the molecule is [CH2]CCCO.[Zn]. The van der Waals surface area contributed by atoms with Crippen LogP contribution in [0.25, 0.3) is 0 Å². The molecule has 0 rings (SSSR count). The zero-order valence-electron chi connectivity index (χ0n) is 3.98. The van der Waals surface area contributed by atoms with Crippen LogP contribution in [0.4, 0.5) is 0 Å². The van der Waals surface area contributed by atoms with Crippen molar-refractivity contribution in [2.24, 2.45) is 0 Å². The van der Waals surface area contributed by atoms with E-state index in [1.165, 1.54) is 0 Å². The van der Waals surface area contributed by atoms with E-state index in [1.807, 2.05) is 0 Å². The predicted octanol–water partition coefficient (Wildman–Crippen LogP) is 0.590. The molecule has 0 aliphatic heterocycles. The van der Waals surface area contributed by atoms with Crippen LogP contribution in [0.3, 0.4) is 0 Å². The predicted molar refractivity (Wildman–Crippen MR) is 21.7 cm³/mol. The van der Waals surface area contributed by atoms with Gasteiger partial charge in [-0.25, -0.2) is 0 Å². The Labute approximate surface area is 51.5 Å². The maximum atomic E-state index is 8.03. The summed E-state index contributed by atoms with van der Waals surface area (Å²) in [6.45, 7) is 3.80. The van der Waals surface area contributed by atoms with Crippen LogP contribution in [0.15, 0.2) is 0 Å². The second-order valence-corrected chi connectivity index (χ2v) is 0.931. The zero-order chi connectivity index (χ0) is 4.12. The number of aliphatic hydroxyl groups is 1. The van der Waals surface area contributed by atoms with Crippen LogP contribution in [-0.4, -0.2) is 11.7 Å². The van der Waals surface area contributed by atoms with E-state index in [1.54, 1.807) is 0 Å². The van der Waals surface area contributed by atoms with Gasteiger partial charge in [-0.3, -0.25) is 0 Å². The van der Waals surface area contributed by atoms with Gasteiger partial charge in [0.15, 0.2) is 0 Å². The van der Waals surface area contributed by atoms with E-state index >= 15 is 0 Å². The molecule has 0 aliphatic carbocycles. The summed E-state index contributed by atoms with van der Waals surface area (Å²) in [5, 5.41) is 8.03. The third-order valence-electron chi connectivity index (χ3n) is 0.408. The normalized spacial score (nSPS) is 7.00. The standard InChI is InChI=1S/C4H9O.Zn/c1-2-3-4-5;/h5H,1-4H2;. The first kappa shape index (κ1) is 9.77. The molecule has 0 bridgehead atoms. The van der Waals surface area contributed by atoms with Gasteiger partial charge in [0.1, 0.15) is 0 Å². The number of aliphatic hydroxyl groups excluding tert-OH is 1. The van der Waals surface area contributed by atoms with Gasteiger partial charge in [0.05, 0.1) is 0 Å². The molecule has 6 heavy (non-hydrogen) atoms. The summed E-state index contributed by atoms with van der Waals surface area (Å²) in [6, 6.07) is 0. The molecule has 1 N–H and O–H groups in total. The third kappa shape index (κ3) is 8.82. The molecule has 0 aromatic rings. The van der Waals surface area contributed by atoms with Gasteiger partial charge in [-0.05, 0) is 6.42 Å². The van der Waals surface area contributed by atoms with Crippen molar-refractivity contribution in [2.75, 3.05) is 6.61 Å². The molecule has 0 aromatic carbocycles. The van der Waals surface area contributed by atoms with Crippen molar-refractivity contribution in [2.45, 2.75) is 12.8 Å². The molecule has 0 saturated carbocycles. The van der Waals surface area contributed by atoms with Gasteiger partial charge in [0.2, 0.25) is 0 Å². The summed E-state index contributed by atoms with van der Waals surface area (Å²) < 4.78 is 0. The summed E-state index contributed by atoms with van der Waals surface area (Å²) in [4.78, 5) is 0. The minimum absolute atomic E-state index is 0. The first-order valence-electron chi connectivity index (χ1n) is 1.82. The first-order valence-corrected chi connectivity index (χ1v) is 1.82. The summed E-state index contributed by atoms with van der Waals surface area (Å²) in [5.41, 5.74) is 0. The molecule has 0 fully saturated rings. The second-order valence-electron chi connectivity index (χ2n) is 0.931. The molecule has 0 unspecified atom stereocenters. The zero-order valence-corrected chi connectivity index (χ0v) is 6.95. The Kier molecular flexibility index (Phi) is 14.9. The van der Waals surface area contributed by atoms with Crippen molar-refractivity contribution in [1.82, 2.24) is 0 Å². The van der Waals surface area contributed by atoms with Crippen molar-refractivity contribution < 1.29 is 24.6 Å². The molecule has 33 valence electrons. The third-order valence-corrected chi connectivity index (χ3v) is 0.408. The molecule has 0 heterocycles. The van der Waals surface area contributed by atoms with Gasteiger partial charge in [0.25, 0.3) is 0 Å². The fourth-order valence-electron chi connectivity index (χ4n) is 0.112. The molecule has 0 atom stereocenters. The molecule has 0 amide bonds. The van der Waals surface area contributed by atoms with E-state index in [0.717, 1.165) is 12.8 Å². The molecule has 0 saturated heterocycles. The maximum Gasteiger partial charge on any atom is 0.0431 e. The van der Waals surface area contributed by atoms with Crippen LogP contribution in [0.2, 0.25) is 0 Å². The maximum absolute atomic E-state index is 8.03. The Morgan fingerprint density at radius 1 is 1.50 bits per heavy atom. The Bertz CT molecular complexity index is 15.0. The fourth-order valence-corrected chi connectivity index (χ4v) is 0.112. The van der Waals surface area contributed by atoms with E-state index in [2.05, 4.69) is 6.92 Å². The monoisotopic (exact) mass is 137 g/mol. The van der Waals surface area contributed by atoms with Crippen molar-refractivity contribution in [1.29, 1.82) is 0 Å². The van der Waals surface area contributed by atoms with Gasteiger partial charge in [-0.15, -0.1) is 0 Å². The fraction of sp³-hybridized carbons (Fsp3) is 0.750. The van der Waals surface area contributed by atoms with E-state index in [9.17, 15) is 0 Å². The van der Waals surface area contributed by atoms with E-state index in [4.69, 9.17) is 5.11 Å². The first-order chi connectivity index (χ1) is 2.41. The number of hydrogen-bond acceptors (Lipinski definition) is 1. The van der Waals surface area contributed by atoms with Crippen molar-refractivity contribution in [3.8, 4) is 0 Å². The van der Waals surface area contributed by atoms with E-state index < -0.39 is 0 Å². The van der Waals surface area contributed by atoms with Gasteiger partial charge >= 0.3 is 0 Å². The minimum Gasteiger partial charge on any atom is -0.396 e. The van der Waals surface area contributed by atoms with Gasteiger partial charge < -0.3 is 5.11 Å². The summed E-state index contributed by atoms with van der Waals surface area (Å²) in [5.74, 6) is 0. The molecule has 0 aliphatic rings. The topological polar surface area (TPSA) is 20.2 Å². The van der Waals surface area contributed by atoms with Gasteiger partial charge in [-0.1, -0.05) is 13.3 Å². The Morgan fingerprint density at radius 2 is 2.00 bits per heavy atom. The molecular weight excluding hydrogens is 129 g/mol. The van der Waals surface area contributed by atoms with Crippen LogP contribution < -0.4 is 0 Å². The van der Waals surface area contributed by atoms with Crippen LogP contribution in [0.5, 0.6) is 0 Å². The van der Waals surface area contributed by atoms with Crippen molar-refractivity contribution in [3.05, 3.63) is 6.92 Å². The Morgan fingerprint density at radius 3 is 2.00 bits per heavy atom. The average molecular weight is 139 g/mol. The smallest absolute Gasteiger partial charge is 0.0431 e. The molecule has 0 spiro atoms. The minimum atomic E-state index is 0. The van der Waals surface area contributed by atoms with Crippen molar-refractivity contribution >= 4 is 0 Å². The molecule has 1 radical (unpaired) electrons. The van der Waals surface area contributed by atoms with E-state index in [-0.39, 0.29) is 26.1 Å². The number of hydrogen-bond donors (Lipinski definition) is 1. The molecular formula is C4H9OZn. The van der Waals surface area contributed by atoms with Gasteiger partial charge in [-0.2, -0.15) is 0 Å². The molecule has 2 heteroatoms. The van der Waals surface area contributed by atoms with Crippen LogP contribution in [0, 0.1) is 6.92 Å². The molecule has 0 aromatic heterocycles. The van der Waals surface area contributed by atoms with Gasteiger partial charge in [0, 0.05) is 26.1 Å². The van der Waals surface area contributed by atoms with Crippen molar-refractivity contribution in [3.63, 3.8) is 0 Å². The summed E-state index contributed by atoms with van der Waals surface area (Å²) in [7, 11) is 0. The quantitative estimate of drug-likeness (QED) is 0.554. The van der Waals surface area contributed by atoms with Crippen LogP contribution in [-0.2, 0) is 19.5 Å². The van der Waals surface area contributed by atoms with E-state index in [0.29, 0.717) is 0 Å². The molecule has 1 nitrogen and oxygen atoms in total. The Balaban J connectivity index is 0. The largest absolute Gasteiger partial charge is 0.396 e. The number of rotatable bonds is 2. The second kappa shape index (κ2) is 9.13. The van der Waals surface area contributed by atoms with Crippen LogP contribution >= 0.6 is 0 Å².